The second-order valence-electron chi connectivity index (χ2n) is 6.67. The number of ether oxygens (including phenoxy) is 1. The van der Waals surface area contributed by atoms with E-state index < -0.39 is 41.5 Å². The fraction of sp³-hybridized carbons (Fsp3) is 0.389. The van der Waals surface area contributed by atoms with Gasteiger partial charge in [0, 0.05) is 25.6 Å². The molecule has 2 bridgehead atoms. The molecule has 0 saturated carbocycles. The van der Waals surface area contributed by atoms with E-state index in [1.807, 2.05) is 12.1 Å². The Balaban J connectivity index is 2.02. The van der Waals surface area contributed by atoms with Gasteiger partial charge in [-0.25, -0.2) is 14.0 Å². The van der Waals surface area contributed by atoms with E-state index in [4.69, 9.17) is 4.74 Å². The minimum Gasteiger partial charge on any atom is -0.466 e. The molecule has 25 heavy (non-hydrogen) atoms. The van der Waals surface area contributed by atoms with Crippen LogP contribution in [-0.4, -0.2) is 60.6 Å². The molecule has 4 unspecified atom stereocenters. The number of likely N-dealkylation sites (N-methyl/N-ethyl adjacent to an activating group) is 1. The Bertz CT molecular complexity index is 851. The van der Waals surface area contributed by atoms with Crippen molar-refractivity contribution in [1.82, 2.24) is 9.80 Å². The van der Waals surface area contributed by atoms with E-state index in [1.54, 1.807) is 18.2 Å². The van der Waals surface area contributed by atoms with Crippen LogP contribution in [0, 0.1) is 0 Å². The second kappa shape index (κ2) is 4.91. The zero-order valence-corrected chi connectivity index (χ0v) is 14.0. The van der Waals surface area contributed by atoms with E-state index in [9.17, 15) is 14.4 Å². The predicted molar refractivity (Wildman–Crippen MR) is 85.6 cm³/mol. The van der Waals surface area contributed by atoms with Crippen LogP contribution in [0.1, 0.15) is 23.0 Å². The summed E-state index contributed by atoms with van der Waals surface area (Å²) in [5.41, 5.74) is -0.849. The number of methoxy groups -OCH3 is 1. The number of rotatable bonds is 1. The van der Waals surface area contributed by atoms with Crippen LogP contribution in [0.4, 0.5) is 9.18 Å². The quantitative estimate of drug-likeness (QED) is 0.726. The lowest BCUT2D eigenvalue weighted by atomic mass is 9.56. The van der Waals surface area contributed by atoms with E-state index in [0.29, 0.717) is 5.56 Å². The first-order valence-corrected chi connectivity index (χ1v) is 7.96. The number of amides is 3. The number of halogens is 1. The summed E-state index contributed by atoms with van der Waals surface area (Å²) in [6.45, 7) is 0. The summed E-state index contributed by atoms with van der Waals surface area (Å²) in [5.74, 6) is -3.27. The number of hydrogen-bond donors (Lipinski definition) is 0. The minimum atomic E-state index is -2.41. The number of urea groups is 1. The lowest BCUT2D eigenvalue weighted by molar-refractivity contribution is -0.154. The van der Waals surface area contributed by atoms with Crippen LogP contribution < -0.4 is 0 Å². The van der Waals surface area contributed by atoms with E-state index >= 15 is 4.39 Å². The highest BCUT2D eigenvalue weighted by Gasteiger charge is 2.69. The number of alkyl halides is 1. The van der Waals surface area contributed by atoms with Gasteiger partial charge in [-0.2, -0.15) is 0 Å². The molecule has 1 fully saturated rings. The number of benzene rings is 1. The summed E-state index contributed by atoms with van der Waals surface area (Å²) in [5, 5.41) is 0. The molecule has 1 aliphatic heterocycles. The van der Waals surface area contributed by atoms with Crippen molar-refractivity contribution < 1.29 is 23.5 Å². The second-order valence-corrected chi connectivity index (χ2v) is 6.67. The molecule has 5 rings (SSSR count). The summed E-state index contributed by atoms with van der Waals surface area (Å²) in [6, 6.07) is 5.60. The van der Waals surface area contributed by atoms with Gasteiger partial charge in [-0.1, -0.05) is 30.3 Å². The highest BCUT2D eigenvalue weighted by molar-refractivity contribution is 6.06. The topological polar surface area (TPSA) is 66.9 Å². The molecule has 130 valence electrons. The SMILES string of the molecule is COC(=O)C1=CC2c3ccccc3C1C1(F)C(=O)N(C)C(=O)N(C)C21. The van der Waals surface area contributed by atoms with Crippen LogP contribution in [-0.2, 0) is 14.3 Å². The summed E-state index contributed by atoms with van der Waals surface area (Å²) in [6.07, 6.45) is 1.64. The smallest absolute Gasteiger partial charge is 0.334 e. The van der Waals surface area contributed by atoms with Crippen molar-refractivity contribution >= 4 is 17.9 Å². The summed E-state index contributed by atoms with van der Waals surface area (Å²) < 4.78 is 21.2. The Labute approximate surface area is 143 Å². The highest BCUT2D eigenvalue weighted by Crippen LogP contribution is 2.58. The van der Waals surface area contributed by atoms with Gasteiger partial charge >= 0.3 is 12.0 Å². The van der Waals surface area contributed by atoms with Crippen molar-refractivity contribution in [3.63, 3.8) is 0 Å². The molecule has 1 heterocycles. The molecule has 0 aromatic heterocycles. The minimum absolute atomic E-state index is 0.134. The Morgan fingerprint density at radius 1 is 1.20 bits per heavy atom. The van der Waals surface area contributed by atoms with E-state index in [0.717, 1.165) is 10.5 Å². The maximum Gasteiger partial charge on any atom is 0.334 e. The van der Waals surface area contributed by atoms with E-state index in [2.05, 4.69) is 0 Å². The third-order valence-corrected chi connectivity index (χ3v) is 5.59. The van der Waals surface area contributed by atoms with Gasteiger partial charge in [0.15, 0.2) is 0 Å². The first-order chi connectivity index (χ1) is 11.8. The molecular weight excluding hydrogens is 327 g/mol. The fourth-order valence-electron chi connectivity index (χ4n) is 4.55. The number of carbonyl (C=O) groups excluding carboxylic acids is 3. The lowest BCUT2D eigenvalue weighted by Gasteiger charge is -2.56. The lowest BCUT2D eigenvalue weighted by Crippen LogP contribution is -2.73. The van der Waals surface area contributed by atoms with Gasteiger partial charge in [0.1, 0.15) is 0 Å². The molecule has 7 heteroatoms. The monoisotopic (exact) mass is 344 g/mol. The van der Waals surface area contributed by atoms with Gasteiger partial charge < -0.3 is 9.64 Å². The molecule has 0 spiro atoms. The summed E-state index contributed by atoms with van der Waals surface area (Å²) in [7, 11) is 3.97. The molecule has 3 amide bonds. The number of esters is 1. The zero-order chi connectivity index (χ0) is 18.1. The van der Waals surface area contributed by atoms with E-state index in [1.165, 1.54) is 26.1 Å². The standard InChI is InChI=1S/C18H17FN2O4/c1-20-14-11-8-12(15(22)25-3)13(10-7-5-4-6-9(10)11)18(14,19)16(23)21(2)17(20)24/h4-8,11,13-14H,1-3H3. The molecule has 4 atom stereocenters. The Kier molecular flexibility index (Phi) is 3.10. The highest BCUT2D eigenvalue weighted by atomic mass is 19.1. The van der Waals surface area contributed by atoms with Crippen LogP contribution >= 0.6 is 0 Å². The van der Waals surface area contributed by atoms with Crippen LogP contribution in [0.15, 0.2) is 35.9 Å². The van der Waals surface area contributed by atoms with Crippen LogP contribution in [0.5, 0.6) is 0 Å². The average Bonchev–Trinajstić information content (AvgIpc) is 2.63. The molecule has 1 aromatic carbocycles. The fourth-order valence-corrected chi connectivity index (χ4v) is 4.55. The molecule has 4 aliphatic rings. The number of hydrogen-bond acceptors (Lipinski definition) is 4. The van der Waals surface area contributed by atoms with Crippen LogP contribution in [0.2, 0.25) is 0 Å². The summed E-state index contributed by atoms with van der Waals surface area (Å²) in [4.78, 5) is 39.5. The van der Waals surface area contributed by atoms with Gasteiger partial charge in [-0.05, 0) is 11.1 Å². The van der Waals surface area contributed by atoms with Gasteiger partial charge in [0.2, 0.25) is 5.67 Å². The van der Waals surface area contributed by atoms with Crippen molar-refractivity contribution in [3.05, 3.63) is 47.0 Å². The van der Waals surface area contributed by atoms with E-state index in [-0.39, 0.29) is 5.57 Å². The average molecular weight is 344 g/mol. The molecule has 3 aliphatic carbocycles. The molecule has 1 saturated heterocycles. The maximum absolute atomic E-state index is 16.4. The van der Waals surface area contributed by atoms with Crippen molar-refractivity contribution in [2.24, 2.45) is 0 Å². The first kappa shape index (κ1) is 15.8. The Hall–Kier alpha value is -2.70. The van der Waals surface area contributed by atoms with Crippen molar-refractivity contribution in [1.29, 1.82) is 0 Å². The maximum atomic E-state index is 16.4. The predicted octanol–water partition coefficient (Wildman–Crippen LogP) is 1.58. The number of imide groups is 1. The Morgan fingerprint density at radius 3 is 2.48 bits per heavy atom. The normalized spacial score (nSPS) is 33.0. The van der Waals surface area contributed by atoms with Crippen LogP contribution in [0.3, 0.4) is 0 Å². The van der Waals surface area contributed by atoms with Gasteiger partial charge in [-0.15, -0.1) is 0 Å². The molecular formula is C18H17FN2O4. The number of carbonyl (C=O) groups is 3. The largest absolute Gasteiger partial charge is 0.466 e. The van der Waals surface area contributed by atoms with Gasteiger partial charge in [0.25, 0.3) is 5.91 Å². The van der Waals surface area contributed by atoms with Crippen molar-refractivity contribution in [2.75, 3.05) is 21.2 Å². The third-order valence-electron chi connectivity index (χ3n) is 5.59. The van der Waals surface area contributed by atoms with Gasteiger partial charge in [-0.3, -0.25) is 9.69 Å². The first-order valence-electron chi connectivity index (χ1n) is 7.96. The van der Waals surface area contributed by atoms with Crippen LogP contribution in [0.25, 0.3) is 0 Å². The third kappa shape index (κ3) is 1.70. The zero-order valence-electron chi connectivity index (χ0n) is 14.0. The Morgan fingerprint density at radius 2 is 1.84 bits per heavy atom. The molecule has 0 N–H and O–H groups in total. The van der Waals surface area contributed by atoms with Crippen molar-refractivity contribution in [2.45, 2.75) is 23.5 Å². The number of nitrogens with zero attached hydrogens (tertiary/aromatic N) is 2. The summed E-state index contributed by atoms with van der Waals surface area (Å²) >= 11 is 0. The molecule has 0 radical (unpaired) electrons. The van der Waals surface area contributed by atoms with Crippen molar-refractivity contribution in [3.8, 4) is 0 Å². The molecule has 6 nitrogen and oxygen atoms in total. The molecule has 1 aromatic rings. The van der Waals surface area contributed by atoms with Gasteiger partial charge in [0.05, 0.1) is 19.1 Å².